The summed E-state index contributed by atoms with van der Waals surface area (Å²) in [4.78, 5) is 4.33. The van der Waals surface area contributed by atoms with E-state index in [0.717, 1.165) is 10.3 Å². The predicted octanol–water partition coefficient (Wildman–Crippen LogP) is 5.73. The summed E-state index contributed by atoms with van der Waals surface area (Å²) in [6.45, 7) is 0. The third kappa shape index (κ3) is 3.47. The number of halogens is 2. The van der Waals surface area contributed by atoms with Crippen LogP contribution in [0, 0.1) is 5.82 Å². The van der Waals surface area contributed by atoms with Crippen LogP contribution < -0.4 is 11.2 Å². The normalized spacial score (nSPS) is 11.1. The van der Waals surface area contributed by atoms with Gasteiger partial charge in [0, 0.05) is 17.0 Å². The molecule has 0 aliphatic rings. The molecule has 27 heavy (non-hydrogen) atoms. The Kier molecular flexibility index (Phi) is 4.70. The highest BCUT2D eigenvalue weighted by atomic mass is 35.5. The topological polar surface area (TPSA) is 71.2 Å². The van der Waals surface area contributed by atoms with Crippen molar-refractivity contribution in [1.29, 1.82) is 0 Å². The number of benzene rings is 3. The van der Waals surface area contributed by atoms with Gasteiger partial charge in [-0.05, 0) is 47.0 Å². The van der Waals surface area contributed by atoms with E-state index in [0.29, 0.717) is 44.5 Å². The summed E-state index contributed by atoms with van der Waals surface area (Å²) in [6, 6.07) is 16.0. The smallest absolute Gasteiger partial charge is 0.181 e. The molecule has 0 aliphatic heterocycles. The van der Waals surface area contributed by atoms with Gasteiger partial charge in [0.1, 0.15) is 5.82 Å². The van der Waals surface area contributed by atoms with Crippen LogP contribution in [0.1, 0.15) is 11.1 Å². The van der Waals surface area contributed by atoms with E-state index in [-0.39, 0.29) is 5.82 Å². The minimum absolute atomic E-state index is 0.334. The largest absolute Gasteiger partial charge is 0.375 e. The number of nitrogens with zero attached hydrogens (tertiary/aromatic N) is 1. The summed E-state index contributed by atoms with van der Waals surface area (Å²) in [5.74, 6) is -0.334. The average molecular weight is 400 g/mol. The first kappa shape index (κ1) is 17.7. The molecule has 4 rings (SSSR count). The molecular weight excluding hydrogens is 385 g/mol. The van der Waals surface area contributed by atoms with E-state index in [2.05, 4.69) is 10.5 Å². The summed E-state index contributed by atoms with van der Waals surface area (Å²) in [7, 11) is 0. The molecule has 4 nitrogen and oxygen atoms in total. The Balaban J connectivity index is 1.87. The van der Waals surface area contributed by atoms with Crippen LogP contribution in [-0.4, -0.2) is 10.2 Å². The molecule has 0 aliphatic carbocycles. The third-order valence-electron chi connectivity index (χ3n) is 4.30. The van der Waals surface area contributed by atoms with Crippen molar-refractivity contribution in [2.24, 2.45) is 0 Å². The van der Waals surface area contributed by atoms with Crippen molar-refractivity contribution in [3.05, 3.63) is 76.6 Å². The highest BCUT2D eigenvalue weighted by Gasteiger charge is 2.19. The maximum atomic E-state index is 15.5. The summed E-state index contributed by atoms with van der Waals surface area (Å²) < 4.78 is 16.3. The Morgan fingerprint density at radius 1 is 1.15 bits per heavy atom. The predicted molar refractivity (Wildman–Crippen MR) is 109 cm³/mol. The highest BCUT2D eigenvalue weighted by Crippen LogP contribution is 2.38. The standard InChI is InChI=1S/C20H15ClFN3OS/c21-14-3-1-2-12(9-14)17-18(22)13(10-16-19(17)24-20(23)27-16)8-11-4-6-15(25-26)7-5-11/h1-7,9-10,25-26H,8H2,(H2,23,24). The van der Waals surface area contributed by atoms with Crippen LogP contribution in [0.4, 0.5) is 15.2 Å². The Morgan fingerprint density at radius 2 is 1.93 bits per heavy atom. The van der Waals surface area contributed by atoms with Crippen molar-refractivity contribution in [1.82, 2.24) is 4.98 Å². The fourth-order valence-corrected chi connectivity index (χ4v) is 4.06. The second-order valence-corrected chi connectivity index (χ2v) is 7.62. The molecule has 0 saturated carbocycles. The van der Waals surface area contributed by atoms with Gasteiger partial charge in [-0.1, -0.05) is 47.2 Å². The Hall–Kier alpha value is -2.67. The first-order valence-electron chi connectivity index (χ1n) is 8.17. The quantitative estimate of drug-likeness (QED) is 0.383. The van der Waals surface area contributed by atoms with Gasteiger partial charge in [0.25, 0.3) is 0 Å². The van der Waals surface area contributed by atoms with Crippen LogP contribution in [0.3, 0.4) is 0 Å². The molecule has 0 saturated heterocycles. The first-order valence-corrected chi connectivity index (χ1v) is 9.37. The van der Waals surface area contributed by atoms with E-state index in [1.54, 1.807) is 36.4 Å². The summed E-state index contributed by atoms with van der Waals surface area (Å²) in [5, 5.41) is 9.85. The van der Waals surface area contributed by atoms with Gasteiger partial charge in [-0.3, -0.25) is 10.7 Å². The molecule has 0 unspecified atom stereocenters. The SMILES string of the molecule is Nc1nc2c(-c3cccc(Cl)c3)c(F)c(Cc3ccc(NO)cc3)cc2s1. The number of aromatic nitrogens is 1. The molecule has 0 spiro atoms. The number of hydrogen-bond acceptors (Lipinski definition) is 5. The maximum Gasteiger partial charge on any atom is 0.181 e. The van der Waals surface area contributed by atoms with Crippen molar-refractivity contribution < 1.29 is 9.60 Å². The van der Waals surface area contributed by atoms with Crippen LogP contribution >= 0.6 is 22.9 Å². The fourth-order valence-electron chi connectivity index (χ4n) is 3.07. The molecule has 0 amide bonds. The molecule has 4 N–H and O–H groups in total. The Morgan fingerprint density at radius 3 is 2.63 bits per heavy atom. The molecule has 4 aromatic rings. The summed E-state index contributed by atoms with van der Waals surface area (Å²) in [5.41, 5.74) is 11.6. The number of nitrogen functional groups attached to an aromatic ring is 1. The van der Waals surface area contributed by atoms with Crippen molar-refractivity contribution in [3.8, 4) is 11.1 Å². The molecular formula is C20H15ClFN3OS. The monoisotopic (exact) mass is 399 g/mol. The minimum Gasteiger partial charge on any atom is -0.375 e. The minimum atomic E-state index is -0.334. The lowest BCUT2D eigenvalue weighted by atomic mass is 9.97. The van der Waals surface area contributed by atoms with Gasteiger partial charge in [0.2, 0.25) is 0 Å². The number of fused-ring (bicyclic) bond motifs is 1. The number of anilines is 2. The van der Waals surface area contributed by atoms with Gasteiger partial charge < -0.3 is 5.73 Å². The molecule has 0 fully saturated rings. The van der Waals surface area contributed by atoms with Crippen LogP contribution in [0.15, 0.2) is 54.6 Å². The maximum absolute atomic E-state index is 15.5. The highest BCUT2D eigenvalue weighted by molar-refractivity contribution is 7.22. The average Bonchev–Trinajstić information content (AvgIpc) is 3.02. The van der Waals surface area contributed by atoms with Crippen molar-refractivity contribution >= 4 is 44.0 Å². The van der Waals surface area contributed by atoms with Crippen LogP contribution in [0.25, 0.3) is 21.3 Å². The Labute approximate surface area is 164 Å². The van der Waals surface area contributed by atoms with Gasteiger partial charge in [0.15, 0.2) is 5.13 Å². The van der Waals surface area contributed by atoms with Crippen molar-refractivity contribution in [2.45, 2.75) is 6.42 Å². The fraction of sp³-hybridized carbons (Fsp3) is 0.0500. The molecule has 1 heterocycles. The van der Waals surface area contributed by atoms with Crippen molar-refractivity contribution in [3.63, 3.8) is 0 Å². The molecule has 0 atom stereocenters. The lowest BCUT2D eigenvalue weighted by Gasteiger charge is -2.11. The summed E-state index contributed by atoms with van der Waals surface area (Å²) >= 11 is 7.44. The van der Waals surface area contributed by atoms with E-state index in [1.165, 1.54) is 11.3 Å². The van der Waals surface area contributed by atoms with Gasteiger partial charge in [-0.25, -0.2) is 9.37 Å². The second-order valence-electron chi connectivity index (χ2n) is 6.12. The molecule has 0 bridgehead atoms. The van der Waals surface area contributed by atoms with E-state index in [4.69, 9.17) is 22.5 Å². The third-order valence-corrected chi connectivity index (χ3v) is 5.37. The van der Waals surface area contributed by atoms with E-state index in [9.17, 15) is 0 Å². The number of nitrogens with two attached hydrogens (primary N) is 1. The second kappa shape index (κ2) is 7.15. The van der Waals surface area contributed by atoms with E-state index in [1.807, 2.05) is 18.2 Å². The van der Waals surface area contributed by atoms with Crippen molar-refractivity contribution in [2.75, 3.05) is 11.2 Å². The zero-order chi connectivity index (χ0) is 19.0. The number of thiazole rings is 1. The van der Waals surface area contributed by atoms with Gasteiger partial charge in [-0.15, -0.1) is 0 Å². The van der Waals surface area contributed by atoms with Gasteiger partial charge in [-0.2, -0.15) is 0 Å². The van der Waals surface area contributed by atoms with Crippen LogP contribution in [-0.2, 0) is 6.42 Å². The number of hydrogen-bond donors (Lipinski definition) is 3. The summed E-state index contributed by atoms with van der Waals surface area (Å²) in [6.07, 6.45) is 0.402. The van der Waals surface area contributed by atoms with Gasteiger partial charge in [0.05, 0.1) is 15.9 Å². The van der Waals surface area contributed by atoms with Gasteiger partial charge >= 0.3 is 0 Å². The van der Waals surface area contributed by atoms with E-state index >= 15 is 4.39 Å². The molecule has 7 heteroatoms. The number of rotatable bonds is 4. The van der Waals surface area contributed by atoms with Crippen LogP contribution in [0.2, 0.25) is 5.02 Å². The van der Waals surface area contributed by atoms with E-state index < -0.39 is 0 Å². The number of nitrogens with one attached hydrogen (secondary N) is 1. The first-order chi connectivity index (χ1) is 13.0. The van der Waals surface area contributed by atoms with Crippen LogP contribution in [0.5, 0.6) is 0 Å². The molecule has 3 aromatic carbocycles. The lowest BCUT2D eigenvalue weighted by Crippen LogP contribution is -1.97. The zero-order valence-electron chi connectivity index (χ0n) is 14.0. The molecule has 136 valence electrons. The lowest BCUT2D eigenvalue weighted by molar-refractivity contribution is 0.389. The Bertz CT molecular complexity index is 1130. The molecule has 0 radical (unpaired) electrons. The zero-order valence-corrected chi connectivity index (χ0v) is 15.6. The molecule has 1 aromatic heterocycles.